The monoisotopic (exact) mass is 438 g/mol. The molecule has 2 aromatic rings. The first-order chi connectivity index (χ1) is 12.0. The van der Waals surface area contributed by atoms with Crippen LogP contribution in [0.25, 0.3) is 0 Å². The summed E-state index contributed by atoms with van der Waals surface area (Å²) in [5.74, 6) is -0.259. The van der Waals surface area contributed by atoms with E-state index in [9.17, 15) is 13.2 Å². The quantitative estimate of drug-likeness (QED) is 0.726. The summed E-state index contributed by atoms with van der Waals surface area (Å²) in [7, 11) is 1.01. The van der Waals surface area contributed by atoms with Crippen molar-refractivity contribution in [3.63, 3.8) is 0 Å². The predicted molar refractivity (Wildman–Crippen MR) is 108 cm³/mol. The van der Waals surface area contributed by atoms with Gasteiger partial charge in [-0.05, 0) is 67.8 Å². The van der Waals surface area contributed by atoms with Crippen molar-refractivity contribution in [2.75, 3.05) is 26.0 Å². The third-order valence-electron chi connectivity index (χ3n) is 4.46. The lowest BCUT2D eigenvalue weighted by Crippen LogP contribution is -2.28. The Morgan fingerprint density at radius 1 is 0.962 bits per heavy atom. The van der Waals surface area contributed by atoms with E-state index in [1.165, 1.54) is 25.1 Å². The molecular formula is C19H23BrN2O3S. The Morgan fingerprint density at radius 3 is 2.12 bits per heavy atom. The van der Waals surface area contributed by atoms with Crippen LogP contribution in [0.3, 0.4) is 0 Å². The highest BCUT2D eigenvalue weighted by Crippen LogP contribution is 2.26. The van der Waals surface area contributed by atoms with Crippen molar-refractivity contribution in [1.82, 2.24) is 4.31 Å². The Hall–Kier alpha value is -1.70. The highest BCUT2D eigenvalue weighted by atomic mass is 79.9. The maximum Gasteiger partial charge on any atom is 0.258 e. The third kappa shape index (κ3) is 3.84. The van der Waals surface area contributed by atoms with Crippen molar-refractivity contribution >= 4 is 37.5 Å². The van der Waals surface area contributed by atoms with Crippen molar-refractivity contribution in [3.05, 3.63) is 57.1 Å². The molecule has 2 rings (SSSR count). The minimum absolute atomic E-state index is 0.159. The van der Waals surface area contributed by atoms with Crippen molar-refractivity contribution in [2.45, 2.75) is 25.7 Å². The Bertz CT molecular complexity index is 969. The first-order valence-corrected chi connectivity index (χ1v) is 10.3. The van der Waals surface area contributed by atoms with Gasteiger partial charge in [-0.3, -0.25) is 4.79 Å². The molecule has 0 N–H and O–H groups in total. The largest absolute Gasteiger partial charge is 0.311 e. The van der Waals surface area contributed by atoms with E-state index in [4.69, 9.17) is 0 Å². The second-order valence-electron chi connectivity index (χ2n) is 6.50. The molecular weight excluding hydrogens is 416 g/mol. The molecule has 2 aromatic carbocycles. The number of amides is 1. The maximum absolute atomic E-state index is 13.0. The number of benzene rings is 2. The van der Waals surface area contributed by atoms with E-state index in [0.717, 1.165) is 25.6 Å². The van der Waals surface area contributed by atoms with Crippen LogP contribution in [0.2, 0.25) is 0 Å². The van der Waals surface area contributed by atoms with Crippen LogP contribution >= 0.6 is 15.9 Å². The lowest BCUT2D eigenvalue weighted by atomic mass is 10.0. The molecule has 0 saturated heterocycles. The number of nitrogens with zero attached hydrogens (tertiary/aromatic N) is 2. The molecule has 0 spiro atoms. The smallest absolute Gasteiger partial charge is 0.258 e. The summed E-state index contributed by atoms with van der Waals surface area (Å²) in [5.41, 5.74) is 3.51. The maximum atomic E-state index is 13.0. The average Bonchev–Trinajstić information content (AvgIpc) is 2.57. The minimum atomic E-state index is -3.63. The number of carbonyl (C=O) groups is 1. The molecule has 0 aliphatic heterocycles. The van der Waals surface area contributed by atoms with Gasteiger partial charge < -0.3 is 4.90 Å². The first-order valence-electron chi connectivity index (χ1n) is 8.04. The normalized spacial score (nSPS) is 11.7. The van der Waals surface area contributed by atoms with E-state index in [1.807, 2.05) is 32.0 Å². The third-order valence-corrected chi connectivity index (χ3v) is 7.29. The lowest BCUT2D eigenvalue weighted by Gasteiger charge is -2.21. The molecule has 0 unspecified atom stereocenters. The lowest BCUT2D eigenvalue weighted by molar-refractivity contribution is 0.0992. The highest BCUT2D eigenvalue weighted by molar-refractivity contribution is 9.10. The zero-order chi connectivity index (χ0) is 19.8. The van der Waals surface area contributed by atoms with Gasteiger partial charge in [0.25, 0.3) is 5.91 Å². The van der Waals surface area contributed by atoms with Crippen molar-refractivity contribution in [1.29, 1.82) is 0 Å². The minimum Gasteiger partial charge on any atom is -0.311 e. The number of hydrogen-bond acceptors (Lipinski definition) is 3. The zero-order valence-corrected chi connectivity index (χ0v) is 18.2. The van der Waals surface area contributed by atoms with Gasteiger partial charge >= 0.3 is 0 Å². The van der Waals surface area contributed by atoms with Crippen molar-refractivity contribution < 1.29 is 13.2 Å². The molecule has 0 saturated carbocycles. The van der Waals surface area contributed by atoms with Gasteiger partial charge in [0.2, 0.25) is 10.0 Å². The van der Waals surface area contributed by atoms with Crippen LogP contribution in [0.4, 0.5) is 5.69 Å². The summed E-state index contributed by atoms with van der Waals surface area (Å²) < 4.78 is 27.3. The molecule has 0 bridgehead atoms. The van der Waals surface area contributed by atoms with E-state index in [0.29, 0.717) is 11.1 Å². The van der Waals surface area contributed by atoms with Gasteiger partial charge in [0.15, 0.2) is 0 Å². The molecule has 0 aliphatic carbocycles. The summed E-state index contributed by atoms with van der Waals surface area (Å²) >= 11 is 3.45. The number of hydrogen-bond donors (Lipinski definition) is 0. The molecule has 5 nitrogen and oxygen atoms in total. The fraction of sp³-hybridized carbons (Fsp3) is 0.316. The van der Waals surface area contributed by atoms with E-state index >= 15 is 0 Å². The number of halogens is 1. The molecule has 140 valence electrons. The van der Waals surface area contributed by atoms with E-state index < -0.39 is 10.0 Å². The SMILES string of the molecule is Cc1cc(N(C)C(=O)c2cc(C)c(C)c(S(=O)(=O)N(C)C)c2)ccc1Br. The number of sulfonamides is 1. The standard InChI is InChI=1S/C19H23BrN2O3S/c1-12-9-15(11-18(14(12)3)26(24,25)21(4)5)19(23)22(6)16-7-8-17(20)13(2)10-16/h7-11H,1-6H3. The number of carbonyl (C=O) groups excluding carboxylic acids is 1. The number of aryl methyl sites for hydroxylation is 2. The Morgan fingerprint density at radius 2 is 1.58 bits per heavy atom. The van der Waals surface area contributed by atoms with Gasteiger partial charge in [0, 0.05) is 36.9 Å². The molecule has 26 heavy (non-hydrogen) atoms. The Labute approximate surface area is 163 Å². The van der Waals surface area contributed by atoms with Gasteiger partial charge in [-0.2, -0.15) is 0 Å². The van der Waals surface area contributed by atoms with Crippen LogP contribution in [0, 0.1) is 20.8 Å². The number of anilines is 1. The second kappa shape index (κ2) is 7.50. The van der Waals surface area contributed by atoms with Gasteiger partial charge in [-0.25, -0.2) is 12.7 Å². The van der Waals surface area contributed by atoms with Crippen LogP contribution in [-0.4, -0.2) is 39.8 Å². The Kier molecular flexibility index (Phi) is 5.95. The van der Waals surface area contributed by atoms with E-state index in [1.54, 1.807) is 20.0 Å². The van der Waals surface area contributed by atoms with Gasteiger partial charge in [-0.15, -0.1) is 0 Å². The van der Waals surface area contributed by atoms with Crippen LogP contribution in [0.5, 0.6) is 0 Å². The summed E-state index contributed by atoms with van der Waals surface area (Å²) in [6.07, 6.45) is 0. The van der Waals surface area contributed by atoms with Gasteiger partial charge in [0.1, 0.15) is 0 Å². The molecule has 0 heterocycles. The van der Waals surface area contributed by atoms with Crippen molar-refractivity contribution in [2.24, 2.45) is 0 Å². The van der Waals surface area contributed by atoms with Crippen LogP contribution in [0.15, 0.2) is 39.7 Å². The van der Waals surface area contributed by atoms with Gasteiger partial charge in [-0.1, -0.05) is 15.9 Å². The first kappa shape index (κ1) is 20.6. The fourth-order valence-electron chi connectivity index (χ4n) is 2.56. The summed E-state index contributed by atoms with van der Waals surface area (Å²) in [6.45, 7) is 5.51. The summed E-state index contributed by atoms with van der Waals surface area (Å²) in [6, 6.07) is 8.82. The van der Waals surface area contributed by atoms with Crippen LogP contribution in [-0.2, 0) is 10.0 Å². The molecule has 0 aromatic heterocycles. The topological polar surface area (TPSA) is 57.7 Å². The molecule has 1 amide bonds. The predicted octanol–water partition coefficient (Wildman–Crippen LogP) is 3.90. The molecule has 0 aliphatic rings. The molecule has 7 heteroatoms. The average molecular weight is 439 g/mol. The van der Waals surface area contributed by atoms with Crippen LogP contribution in [0.1, 0.15) is 27.0 Å². The van der Waals surface area contributed by atoms with Crippen molar-refractivity contribution in [3.8, 4) is 0 Å². The molecule has 0 atom stereocenters. The highest BCUT2D eigenvalue weighted by Gasteiger charge is 2.24. The molecule has 0 radical (unpaired) electrons. The van der Waals surface area contributed by atoms with Gasteiger partial charge in [0.05, 0.1) is 4.90 Å². The zero-order valence-electron chi connectivity index (χ0n) is 15.8. The van der Waals surface area contributed by atoms with Crippen LogP contribution < -0.4 is 4.90 Å². The Balaban J connectivity index is 2.52. The van der Waals surface area contributed by atoms with E-state index in [2.05, 4.69) is 15.9 Å². The second-order valence-corrected chi connectivity index (χ2v) is 9.48. The van der Waals surface area contributed by atoms with E-state index in [-0.39, 0.29) is 10.8 Å². The number of rotatable bonds is 4. The molecule has 0 fully saturated rings. The summed E-state index contributed by atoms with van der Waals surface area (Å²) in [5, 5.41) is 0. The summed E-state index contributed by atoms with van der Waals surface area (Å²) in [4.78, 5) is 14.6. The fourth-order valence-corrected chi connectivity index (χ4v) is 4.03.